The van der Waals surface area contributed by atoms with Crippen LogP contribution < -0.4 is 5.32 Å². The van der Waals surface area contributed by atoms with Gasteiger partial charge in [-0.3, -0.25) is 0 Å². The standard InChI is InChI=1S/C16H31NO2/c1-11(2)17-9-13(18)10-19-14-8-12-6-7-16(14,5)15(12,3)4/h11-14,17-18H,6-10H2,1-5H3/t12-,13+,14+,16-/m0/s1. The molecule has 0 aromatic carbocycles. The molecule has 0 aromatic heterocycles. The van der Waals surface area contributed by atoms with Crippen LogP contribution in [-0.2, 0) is 4.74 Å². The van der Waals surface area contributed by atoms with Gasteiger partial charge in [-0.05, 0) is 36.0 Å². The van der Waals surface area contributed by atoms with E-state index in [0.717, 1.165) is 5.92 Å². The molecule has 0 radical (unpaired) electrons. The van der Waals surface area contributed by atoms with Crippen molar-refractivity contribution in [2.24, 2.45) is 16.7 Å². The van der Waals surface area contributed by atoms with E-state index in [-0.39, 0.29) is 0 Å². The lowest BCUT2D eigenvalue weighted by Crippen LogP contribution is -2.40. The highest BCUT2D eigenvalue weighted by Gasteiger charge is 2.61. The Balaban J connectivity index is 1.82. The van der Waals surface area contributed by atoms with Crippen molar-refractivity contribution in [3.8, 4) is 0 Å². The zero-order chi connectivity index (χ0) is 14.3. The van der Waals surface area contributed by atoms with Crippen molar-refractivity contribution in [1.82, 2.24) is 5.32 Å². The summed E-state index contributed by atoms with van der Waals surface area (Å²) in [6, 6.07) is 0.411. The third kappa shape index (κ3) is 2.70. The summed E-state index contributed by atoms with van der Waals surface area (Å²) in [5, 5.41) is 13.2. The van der Waals surface area contributed by atoms with E-state index in [1.807, 2.05) is 0 Å². The summed E-state index contributed by atoms with van der Waals surface area (Å²) in [5.74, 6) is 0.799. The molecule has 0 saturated heterocycles. The average Bonchev–Trinajstić information content (AvgIpc) is 2.66. The van der Waals surface area contributed by atoms with Crippen LogP contribution in [0.3, 0.4) is 0 Å². The van der Waals surface area contributed by atoms with Crippen molar-refractivity contribution in [2.45, 2.75) is 72.1 Å². The molecule has 2 bridgehead atoms. The minimum absolute atomic E-state index is 0.295. The Bertz CT molecular complexity index is 316. The van der Waals surface area contributed by atoms with Crippen LogP contribution in [0.5, 0.6) is 0 Å². The van der Waals surface area contributed by atoms with Crippen molar-refractivity contribution >= 4 is 0 Å². The lowest BCUT2D eigenvalue weighted by atomic mass is 9.70. The molecule has 0 unspecified atom stereocenters. The van der Waals surface area contributed by atoms with Crippen LogP contribution in [0.25, 0.3) is 0 Å². The first-order chi connectivity index (χ1) is 8.77. The number of ether oxygens (including phenoxy) is 1. The zero-order valence-electron chi connectivity index (χ0n) is 13.2. The molecule has 4 atom stereocenters. The Morgan fingerprint density at radius 2 is 2.00 bits per heavy atom. The second kappa shape index (κ2) is 5.34. The maximum Gasteiger partial charge on any atom is 0.0897 e. The van der Waals surface area contributed by atoms with E-state index in [1.54, 1.807) is 0 Å². The quantitative estimate of drug-likeness (QED) is 0.779. The number of hydrogen-bond donors (Lipinski definition) is 2. The van der Waals surface area contributed by atoms with Crippen molar-refractivity contribution < 1.29 is 9.84 Å². The van der Waals surface area contributed by atoms with E-state index >= 15 is 0 Å². The fourth-order valence-electron chi connectivity index (χ4n) is 4.04. The summed E-state index contributed by atoms with van der Waals surface area (Å²) in [6.07, 6.45) is 3.73. The topological polar surface area (TPSA) is 41.5 Å². The van der Waals surface area contributed by atoms with E-state index in [2.05, 4.69) is 39.9 Å². The lowest BCUT2D eigenvalue weighted by Gasteiger charge is -2.39. The van der Waals surface area contributed by atoms with Crippen LogP contribution in [-0.4, -0.2) is 36.5 Å². The molecular formula is C16H31NO2. The van der Waals surface area contributed by atoms with Gasteiger partial charge in [-0.15, -0.1) is 0 Å². The molecule has 3 nitrogen and oxygen atoms in total. The zero-order valence-corrected chi connectivity index (χ0v) is 13.2. The van der Waals surface area contributed by atoms with Gasteiger partial charge in [-0.1, -0.05) is 34.6 Å². The molecule has 0 spiro atoms. The first-order valence-electron chi connectivity index (χ1n) is 7.80. The van der Waals surface area contributed by atoms with Crippen LogP contribution in [0.15, 0.2) is 0 Å². The van der Waals surface area contributed by atoms with Crippen molar-refractivity contribution in [2.75, 3.05) is 13.2 Å². The van der Waals surface area contributed by atoms with Crippen LogP contribution >= 0.6 is 0 Å². The van der Waals surface area contributed by atoms with Gasteiger partial charge in [0.05, 0.1) is 18.8 Å². The molecule has 2 saturated carbocycles. The molecule has 0 amide bonds. The predicted octanol–water partition coefficient (Wildman–Crippen LogP) is 2.58. The second-order valence-corrected chi connectivity index (χ2v) is 7.65. The van der Waals surface area contributed by atoms with Gasteiger partial charge in [0.1, 0.15) is 0 Å². The molecule has 112 valence electrons. The number of nitrogens with one attached hydrogen (secondary N) is 1. The number of hydrogen-bond acceptors (Lipinski definition) is 3. The van der Waals surface area contributed by atoms with Crippen LogP contribution in [0.2, 0.25) is 0 Å². The fraction of sp³-hybridized carbons (Fsp3) is 1.00. The normalized spacial score (nSPS) is 38.1. The van der Waals surface area contributed by atoms with E-state index in [9.17, 15) is 5.11 Å². The average molecular weight is 269 g/mol. The van der Waals surface area contributed by atoms with E-state index in [1.165, 1.54) is 19.3 Å². The van der Waals surface area contributed by atoms with Crippen molar-refractivity contribution in [3.63, 3.8) is 0 Å². The lowest BCUT2D eigenvalue weighted by molar-refractivity contribution is -0.0743. The van der Waals surface area contributed by atoms with Gasteiger partial charge >= 0.3 is 0 Å². The molecular weight excluding hydrogens is 238 g/mol. The largest absolute Gasteiger partial charge is 0.389 e. The highest BCUT2D eigenvalue weighted by atomic mass is 16.5. The van der Waals surface area contributed by atoms with Crippen molar-refractivity contribution in [3.05, 3.63) is 0 Å². The summed E-state index contributed by atoms with van der Waals surface area (Å²) in [6.45, 7) is 12.4. The molecule has 3 heteroatoms. The minimum Gasteiger partial charge on any atom is -0.389 e. The highest BCUT2D eigenvalue weighted by Crippen LogP contribution is 2.66. The highest BCUT2D eigenvalue weighted by molar-refractivity contribution is 5.11. The van der Waals surface area contributed by atoms with Gasteiger partial charge in [0, 0.05) is 12.6 Å². The monoisotopic (exact) mass is 269 g/mol. The van der Waals surface area contributed by atoms with Crippen molar-refractivity contribution in [1.29, 1.82) is 0 Å². The molecule has 0 aromatic rings. The minimum atomic E-state index is -0.395. The van der Waals surface area contributed by atoms with Crippen LogP contribution in [0, 0.1) is 16.7 Å². The molecule has 0 aliphatic heterocycles. The predicted molar refractivity (Wildman–Crippen MR) is 78.1 cm³/mol. The van der Waals surface area contributed by atoms with E-state index in [0.29, 0.717) is 36.1 Å². The van der Waals surface area contributed by atoms with E-state index < -0.39 is 6.10 Å². The number of fused-ring (bicyclic) bond motifs is 2. The van der Waals surface area contributed by atoms with Gasteiger partial charge in [-0.2, -0.15) is 0 Å². The van der Waals surface area contributed by atoms with Gasteiger partial charge in [-0.25, -0.2) is 0 Å². The third-order valence-corrected chi connectivity index (χ3v) is 5.97. The molecule has 2 rings (SSSR count). The first kappa shape index (κ1) is 15.3. The SMILES string of the molecule is CC(C)NC[C@@H](O)CO[C@@H]1C[C@@H]2CC[C@]1(C)C2(C)C. The Hall–Kier alpha value is -0.120. The Morgan fingerprint density at radius 3 is 2.47 bits per heavy atom. The summed E-state index contributed by atoms with van der Waals surface area (Å²) in [5.41, 5.74) is 0.682. The molecule has 2 fully saturated rings. The first-order valence-corrected chi connectivity index (χ1v) is 7.80. The Labute approximate surface area is 118 Å². The second-order valence-electron chi connectivity index (χ2n) is 7.65. The van der Waals surface area contributed by atoms with Crippen LogP contribution in [0.4, 0.5) is 0 Å². The summed E-state index contributed by atoms with van der Waals surface area (Å²) in [4.78, 5) is 0. The van der Waals surface area contributed by atoms with Gasteiger partial charge in [0.15, 0.2) is 0 Å². The van der Waals surface area contributed by atoms with E-state index in [4.69, 9.17) is 4.74 Å². The molecule has 2 N–H and O–H groups in total. The number of rotatable bonds is 6. The molecule has 2 aliphatic carbocycles. The molecule has 0 heterocycles. The molecule has 19 heavy (non-hydrogen) atoms. The fourth-order valence-corrected chi connectivity index (χ4v) is 4.04. The number of aliphatic hydroxyl groups is 1. The van der Waals surface area contributed by atoms with Crippen LogP contribution in [0.1, 0.15) is 53.9 Å². The molecule has 2 aliphatic rings. The summed E-state index contributed by atoms with van der Waals surface area (Å²) < 4.78 is 6.08. The summed E-state index contributed by atoms with van der Waals surface area (Å²) >= 11 is 0. The smallest absolute Gasteiger partial charge is 0.0897 e. The van der Waals surface area contributed by atoms with Gasteiger partial charge in [0.2, 0.25) is 0 Å². The Morgan fingerprint density at radius 1 is 1.32 bits per heavy atom. The Kier molecular flexibility index (Phi) is 4.29. The van der Waals surface area contributed by atoms with Gasteiger partial charge < -0.3 is 15.2 Å². The number of aliphatic hydroxyl groups excluding tert-OH is 1. The van der Waals surface area contributed by atoms with Gasteiger partial charge in [0.25, 0.3) is 0 Å². The third-order valence-electron chi connectivity index (χ3n) is 5.97. The maximum absolute atomic E-state index is 9.96. The maximum atomic E-state index is 9.96. The summed E-state index contributed by atoms with van der Waals surface area (Å²) in [7, 11) is 0.